The Morgan fingerprint density at radius 3 is 1.00 bits per heavy atom. The van der Waals surface area contributed by atoms with Crippen LogP contribution in [-0.2, 0) is 14.4 Å². The number of rotatable bonds is 2. The largest absolute Gasteiger partial charge is 1.00 e. The van der Waals surface area contributed by atoms with E-state index in [0.717, 1.165) is 0 Å². The first kappa shape index (κ1) is 16.9. The van der Waals surface area contributed by atoms with Crippen molar-refractivity contribution < 1.29 is 83.7 Å². The van der Waals surface area contributed by atoms with Crippen LogP contribution in [0.5, 0.6) is 0 Å². The number of hydrogen-bond acceptors (Lipinski definition) is 5. The van der Waals surface area contributed by atoms with Crippen LogP contribution in [0.2, 0.25) is 0 Å². The van der Waals surface area contributed by atoms with Crippen molar-refractivity contribution in [2.45, 2.75) is 0 Å². The van der Waals surface area contributed by atoms with Gasteiger partial charge < -0.3 is 19.8 Å². The smallest absolute Gasteiger partial charge is 0.541 e. The number of carboxylic acids is 2. The molecule has 0 aromatic carbocycles. The van der Waals surface area contributed by atoms with Crippen molar-refractivity contribution in [3.63, 3.8) is 0 Å². The van der Waals surface area contributed by atoms with E-state index in [1.807, 2.05) is 0 Å². The fourth-order valence-corrected chi connectivity index (χ4v) is 0.0833. The third-order valence-corrected chi connectivity index (χ3v) is 0.371. The molecular formula is C3Na2O5. The van der Waals surface area contributed by atoms with Gasteiger partial charge in [-0.2, -0.15) is 0 Å². The van der Waals surface area contributed by atoms with Crippen molar-refractivity contribution in [3.05, 3.63) is 0 Å². The Labute approximate surface area is 100 Å². The van der Waals surface area contributed by atoms with Crippen molar-refractivity contribution in [1.29, 1.82) is 0 Å². The monoisotopic (exact) mass is 162 g/mol. The van der Waals surface area contributed by atoms with Gasteiger partial charge in [0, 0.05) is 0 Å². The van der Waals surface area contributed by atoms with E-state index in [1.54, 1.807) is 0 Å². The Morgan fingerprint density at radius 1 is 0.800 bits per heavy atom. The third-order valence-electron chi connectivity index (χ3n) is 0.371. The summed E-state index contributed by atoms with van der Waals surface area (Å²) in [4.78, 5) is 28.0. The van der Waals surface area contributed by atoms with Gasteiger partial charge in [0.05, 0.1) is 0 Å². The van der Waals surface area contributed by atoms with Crippen LogP contribution in [0.1, 0.15) is 0 Å². The van der Waals surface area contributed by atoms with Gasteiger partial charge in [-0.15, -0.1) is 0 Å². The van der Waals surface area contributed by atoms with Gasteiger partial charge in [0.2, 0.25) is 5.78 Å². The Kier molecular flexibility index (Phi) is 13.1. The van der Waals surface area contributed by atoms with E-state index in [9.17, 15) is 24.6 Å². The van der Waals surface area contributed by atoms with Gasteiger partial charge in [-0.1, -0.05) is 0 Å². The second-order valence-electron chi connectivity index (χ2n) is 0.904. The molecule has 7 heteroatoms. The molecule has 5 nitrogen and oxygen atoms in total. The zero-order valence-corrected chi connectivity index (χ0v) is 9.54. The van der Waals surface area contributed by atoms with Gasteiger partial charge in [-0.25, -0.2) is 0 Å². The maximum absolute atomic E-state index is 9.52. The first-order valence-corrected chi connectivity index (χ1v) is 1.52. The molecule has 0 atom stereocenters. The van der Waals surface area contributed by atoms with Crippen molar-refractivity contribution in [2.24, 2.45) is 0 Å². The van der Waals surface area contributed by atoms with Gasteiger partial charge in [0.25, 0.3) is 0 Å². The first-order valence-electron chi connectivity index (χ1n) is 1.52. The number of ketones is 1. The maximum atomic E-state index is 9.52. The summed E-state index contributed by atoms with van der Waals surface area (Å²) >= 11 is 0. The summed E-state index contributed by atoms with van der Waals surface area (Å²) in [6.07, 6.45) is 0. The summed E-state index contributed by atoms with van der Waals surface area (Å²) < 4.78 is 0. The second kappa shape index (κ2) is 7.71. The Balaban J connectivity index is -0.000000245. The van der Waals surface area contributed by atoms with Crippen LogP contribution in [0.4, 0.5) is 0 Å². The quantitative estimate of drug-likeness (QED) is 0.228. The molecule has 0 amide bonds. The fourth-order valence-electron chi connectivity index (χ4n) is 0.0833. The van der Waals surface area contributed by atoms with Crippen molar-refractivity contribution in [3.8, 4) is 0 Å². The SMILES string of the molecule is O=C([O-])C(=O)C(=O)[O-].[Na+].[Na+]. The molecule has 0 rings (SSSR count). The number of hydrogen-bond donors (Lipinski definition) is 0. The van der Waals surface area contributed by atoms with Gasteiger partial charge >= 0.3 is 59.1 Å². The first-order chi connectivity index (χ1) is 3.55. The molecule has 0 aromatic rings. The molecule has 0 aliphatic heterocycles. The summed E-state index contributed by atoms with van der Waals surface area (Å²) in [6, 6.07) is 0. The standard InChI is InChI=1S/C3H2O5.2Na/c4-1(2(5)6)3(7)8;;/h(H,5,6)(H,7,8);;/q;2*+1/p-2. The molecule has 0 unspecified atom stereocenters. The van der Waals surface area contributed by atoms with Crippen LogP contribution in [0.3, 0.4) is 0 Å². The average molecular weight is 162 g/mol. The number of carbonyl (C=O) groups is 3. The zero-order chi connectivity index (χ0) is 6.73. The molecule has 10 heavy (non-hydrogen) atoms. The molecule has 0 aliphatic carbocycles. The number of carbonyl (C=O) groups excluding carboxylic acids is 3. The van der Waals surface area contributed by atoms with Gasteiger partial charge in [0.1, 0.15) is 11.9 Å². The molecule has 0 heterocycles. The van der Waals surface area contributed by atoms with E-state index in [2.05, 4.69) is 0 Å². The van der Waals surface area contributed by atoms with E-state index in [0.29, 0.717) is 0 Å². The normalized spacial score (nSPS) is 6.40. The van der Waals surface area contributed by atoms with Crippen LogP contribution in [0.15, 0.2) is 0 Å². The topological polar surface area (TPSA) is 97.3 Å². The van der Waals surface area contributed by atoms with Gasteiger partial charge in [0.15, 0.2) is 0 Å². The Morgan fingerprint density at radius 2 is 1.00 bits per heavy atom. The predicted molar refractivity (Wildman–Crippen MR) is 15.0 cm³/mol. The molecule has 0 aromatic heterocycles. The molecule has 0 saturated carbocycles. The summed E-state index contributed by atoms with van der Waals surface area (Å²) in [7, 11) is 0. The minimum absolute atomic E-state index is 0. The number of aliphatic carboxylic acids is 2. The van der Waals surface area contributed by atoms with Gasteiger partial charge in [-0.3, -0.25) is 4.79 Å². The molecule has 0 N–H and O–H groups in total. The fraction of sp³-hybridized carbons (Fsp3) is 0. The molecule has 0 fully saturated rings. The average Bonchev–Trinajstić information content (AvgIpc) is 1.64. The maximum Gasteiger partial charge on any atom is 1.00 e. The molecule has 0 bridgehead atoms. The summed E-state index contributed by atoms with van der Waals surface area (Å²) in [6.45, 7) is 0. The van der Waals surface area contributed by atoms with Crippen LogP contribution >= 0.6 is 0 Å². The van der Waals surface area contributed by atoms with Crippen LogP contribution < -0.4 is 69.3 Å². The predicted octanol–water partition coefficient (Wildman–Crippen LogP) is -9.94. The summed E-state index contributed by atoms with van der Waals surface area (Å²) in [5.41, 5.74) is 0. The second-order valence-corrected chi connectivity index (χ2v) is 0.904. The zero-order valence-electron chi connectivity index (χ0n) is 5.54. The Bertz CT molecular complexity index is 137. The van der Waals surface area contributed by atoms with E-state index in [4.69, 9.17) is 0 Å². The molecule has 0 radical (unpaired) electrons. The van der Waals surface area contributed by atoms with Crippen LogP contribution in [0, 0.1) is 0 Å². The minimum Gasteiger partial charge on any atom is -0.541 e. The third kappa shape index (κ3) is 6.73. The van der Waals surface area contributed by atoms with Crippen LogP contribution in [-0.4, -0.2) is 17.7 Å². The number of carboxylic acid groups (broad SMARTS) is 2. The molecular weight excluding hydrogens is 162 g/mol. The van der Waals surface area contributed by atoms with Crippen molar-refractivity contribution in [1.82, 2.24) is 0 Å². The van der Waals surface area contributed by atoms with Gasteiger partial charge in [-0.05, 0) is 0 Å². The van der Waals surface area contributed by atoms with Crippen molar-refractivity contribution in [2.75, 3.05) is 0 Å². The minimum atomic E-state index is -2.26. The van der Waals surface area contributed by atoms with E-state index < -0.39 is 17.7 Å². The molecule has 0 saturated heterocycles. The summed E-state index contributed by atoms with van der Waals surface area (Å²) in [5.74, 6) is -6.56. The number of Topliss-reactive ketones (excluding diaryl/α,β-unsaturated/α-hetero) is 1. The molecule has 0 aliphatic rings. The molecule has 44 valence electrons. The summed E-state index contributed by atoms with van der Waals surface area (Å²) in [5, 5.41) is 18.5. The van der Waals surface area contributed by atoms with E-state index >= 15 is 0 Å². The van der Waals surface area contributed by atoms with E-state index in [-0.39, 0.29) is 59.1 Å². The molecule has 0 spiro atoms. The van der Waals surface area contributed by atoms with E-state index in [1.165, 1.54) is 0 Å². The Hall–Kier alpha value is 0.610. The van der Waals surface area contributed by atoms with Crippen LogP contribution in [0.25, 0.3) is 0 Å². The van der Waals surface area contributed by atoms with Crippen molar-refractivity contribution >= 4 is 17.7 Å².